The van der Waals surface area contributed by atoms with Crippen molar-refractivity contribution in [3.05, 3.63) is 17.5 Å². The average molecular weight is 207 g/mol. The van der Waals surface area contributed by atoms with Crippen LogP contribution in [0.3, 0.4) is 0 Å². The van der Waals surface area contributed by atoms with E-state index >= 15 is 0 Å². The maximum absolute atomic E-state index is 5.65. The molecule has 84 valence electrons. The molecule has 1 fully saturated rings. The van der Waals surface area contributed by atoms with Crippen LogP contribution in [0, 0.1) is 0 Å². The normalized spacial score (nSPS) is 18.3. The third-order valence-corrected chi connectivity index (χ3v) is 3.52. The van der Waals surface area contributed by atoms with Gasteiger partial charge in [0.05, 0.1) is 6.20 Å². The minimum absolute atomic E-state index is 0.721. The van der Waals surface area contributed by atoms with Crippen LogP contribution in [0.1, 0.15) is 49.3 Å². The summed E-state index contributed by atoms with van der Waals surface area (Å²) < 4.78 is 2.00. The lowest BCUT2D eigenvalue weighted by Crippen LogP contribution is -2.12. The zero-order valence-electron chi connectivity index (χ0n) is 9.58. The van der Waals surface area contributed by atoms with Crippen LogP contribution in [0.2, 0.25) is 0 Å². The second-order valence-corrected chi connectivity index (χ2v) is 4.54. The van der Waals surface area contributed by atoms with Crippen LogP contribution < -0.4 is 5.73 Å². The van der Waals surface area contributed by atoms with Crippen molar-refractivity contribution in [2.45, 2.75) is 44.4 Å². The Labute approximate surface area is 91.7 Å². The van der Waals surface area contributed by atoms with Gasteiger partial charge in [-0.1, -0.05) is 19.3 Å². The summed E-state index contributed by atoms with van der Waals surface area (Å²) in [5.41, 5.74) is 8.46. The van der Waals surface area contributed by atoms with Crippen LogP contribution in [0.4, 0.5) is 0 Å². The molecule has 0 atom stereocenters. The number of nitrogens with two attached hydrogens (primary N) is 1. The second-order valence-electron chi connectivity index (χ2n) is 4.54. The summed E-state index contributed by atoms with van der Waals surface area (Å²) in [5.74, 6) is 0.744. The summed E-state index contributed by atoms with van der Waals surface area (Å²) in [6.45, 7) is 0.721. The molecule has 0 bridgehead atoms. The number of hydrogen-bond donors (Lipinski definition) is 1. The summed E-state index contributed by atoms with van der Waals surface area (Å²) in [4.78, 5) is 0. The zero-order chi connectivity index (χ0) is 10.7. The van der Waals surface area contributed by atoms with Crippen molar-refractivity contribution < 1.29 is 0 Å². The molecule has 1 heterocycles. The highest BCUT2D eigenvalue weighted by atomic mass is 15.3. The van der Waals surface area contributed by atoms with Gasteiger partial charge in [0.15, 0.2) is 0 Å². The molecule has 0 aromatic carbocycles. The van der Waals surface area contributed by atoms with E-state index in [4.69, 9.17) is 5.73 Å². The Morgan fingerprint density at radius 2 is 2.13 bits per heavy atom. The van der Waals surface area contributed by atoms with E-state index in [1.807, 2.05) is 11.7 Å². The summed E-state index contributed by atoms with van der Waals surface area (Å²) in [6.07, 6.45) is 9.85. The Morgan fingerprint density at radius 3 is 2.80 bits per heavy atom. The molecule has 0 saturated heterocycles. The molecule has 2 N–H and O–H groups in total. The Morgan fingerprint density at radius 1 is 1.40 bits per heavy atom. The van der Waals surface area contributed by atoms with Crippen LogP contribution >= 0.6 is 0 Å². The Bertz CT molecular complexity index is 311. The molecule has 1 aromatic heterocycles. The molecule has 1 aromatic rings. The summed E-state index contributed by atoms with van der Waals surface area (Å²) in [6, 6.07) is 0. The van der Waals surface area contributed by atoms with Gasteiger partial charge < -0.3 is 5.73 Å². The van der Waals surface area contributed by atoms with Gasteiger partial charge in [-0.05, 0) is 30.9 Å². The first-order valence-corrected chi connectivity index (χ1v) is 6.03. The summed E-state index contributed by atoms with van der Waals surface area (Å²) >= 11 is 0. The van der Waals surface area contributed by atoms with E-state index in [9.17, 15) is 0 Å². The molecule has 3 nitrogen and oxygen atoms in total. The van der Waals surface area contributed by atoms with Gasteiger partial charge in [0, 0.05) is 19.2 Å². The van der Waals surface area contributed by atoms with Crippen LogP contribution in [0.15, 0.2) is 6.20 Å². The predicted molar refractivity (Wildman–Crippen MR) is 61.8 cm³/mol. The largest absolute Gasteiger partial charge is 0.330 e. The monoisotopic (exact) mass is 207 g/mol. The minimum atomic E-state index is 0.721. The highest BCUT2D eigenvalue weighted by Gasteiger charge is 2.20. The molecule has 0 unspecified atom stereocenters. The fourth-order valence-electron chi connectivity index (χ4n) is 2.68. The van der Waals surface area contributed by atoms with Gasteiger partial charge in [-0.2, -0.15) is 5.10 Å². The SMILES string of the molecule is Cn1ncc(C2CCCCC2)c1CCN. The van der Waals surface area contributed by atoms with E-state index in [0.29, 0.717) is 0 Å². The van der Waals surface area contributed by atoms with Gasteiger partial charge >= 0.3 is 0 Å². The smallest absolute Gasteiger partial charge is 0.0527 e. The lowest BCUT2D eigenvalue weighted by Gasteiger charge is -2.21. The van der Waals surface area contributed by atoms with Crippen molar-refractivity contribution in [2.75, 3.05) is 6.54 Å². The maximum Gasteiger partial charge on any atom is 0.0527 e. The lowest BCUT2D eigenvalue weighted by molar-refractivity contribution is 0.441. The molecule has 1 aliphatic rings. The van der Waals surface area contributed by atoms with E-state index in [0.717, 1.165) is 18.9 Å². The summed E-state index contributed by atoms with van der Waals surface area (Å²) in [5, 5.41) is 4.37. The highest BCUT2D eigenvalue weighted by Crippen LogP contribution is 2.34. The number of rotatable bonds is 3. The van der Waals surface area contributed by atoms with Gasteiger partial charge in [-0.25, -0.2) is 0 Å². The fraction of sp³-hybridized carbons (Fsp3) is 0.750. The van der Waals surface area contributed by atoms with E-state index in [-0.39, 0.29) is 0 Å². The Hall–Kier alpha value is -0.830. The van der Waals surface area contributed by atoms with E-state index < -0.39 is 0 Å². The molecular weight excluding hydrogens is 186 g/mol. The van der Waals surface area contributed by atoms with Crippen molar-refractivity contribution in [1.29, 1.82) is 0 Å². The molecule has 15 heavy (non-hydrogen) atoms. The molecule has 1 aliphatic carbocycles. The minimum Gasteiger partial charge on any atom is -0.330 e. The second kappa shape index (κ2) is 4.79. The number of aryl methyl sites for hydroxylation is 1. The van der Waals surface area contributed by atoms with Crippen molar-refractivity contribution in [3.63, 3.8) is 0 Å². The Kier molecular flexibility index (Phi) is 3.41. The number of aromatic nitrogens is 2. The van der Waals surface area contributed by atoms with Crippen LogP contribution in [-0.4, -0.2) is 16.3 Å². The van der Waals surface area contributed by atoms with E-state index in [1.54, 1.807) is 0 Å². The van der Waals surface area contributed by atoms with Gasteiger partial charge in [-0.3, -0.25) is 4.68 Å². The van der Waals surface area contributed by atoms with Crippen molar-refractivity contribution in [2.24, 2.45) is 12.8 Å². The summed E-state index contributed by atoms with van der Waals surface area (Å²) in [7, 11) is 2.03. The van der Waals surface area contributed by atoms with Gasteiger partial charge in [0.2, 0.25) is 0 Å². The fourth-order valence-corrected chi connectivity index (χ4v) is 2.68. The van der Waals surface area contributed by atoms with Gasteiger partial charge in [0.1, 0.15) is 0 Å². The predicted octanol–water partition coefficient (Wildman–Crippen LogP) is 1.97. The average Bonchev–Trinajstić information content (AvgIpc) is 2.63. The van der Waals surface area contributed by atoms with E-state index in [1.165, 1.54) is 43.4 Å². The highest BCUT2D eigenvalue weighted by molar-refractivity contribution is 5.23. The van der Waals surface area contributed by atoms with Crippen molar-refractivity contribution in [1.82, 2.24) is 9.78 Å². The molecular formula is C12H21N3. The zero-order valence-corrected chi connectivity index (χ0v) is 9.58. The topological polar surface area (TPSA) is 43.8 Å². The number of nitrogens with zero attached hydrogens (tertiary/aromatic N) is 2. The Balaban J connectivity index is 2.18. The quantitative estimate of drug-likeness (QED) is 0.823. The lowest BCUT2D eigenvalue weighted by atomic mass is 9.84. The first-order chi connectivity index (χ1) is 7.33. The maximum atomic E-state index is 5.65. The molecule has 0 aliphatic heterocycles. The molecule has 1 saturated carbocycles. The third kappa shape index (κ3) is 2.23. The van der Waals surface area contributed by atoms with Crippen molar-refractivity contribution >= 4 is 0 Å². The molecule has 0 radical (unpaired) electrons. The first-order valence-electron chi connectivity index (χ1n) is 6.03. The third-order valence-electron chi connectivity index (χ3n) is 3.52. The van der Waals surface area contributed by atoms with Gasteiger partial charge in [-0.15, -0.1) is 0 Å². The molecule has 0 spiro atoms. The standard InChI is InChI=1S/C12H21N3/c1-15-12(7-8-13)11(9-14-15)10-5-3-2-4-6-10/h9-10H,2-8,13H2,1H3. The number of hydrogen-bond acceptors (Lipinski definition) is 2. The van der Waals surface area contributed by atoms with Crippen LogP contribution in [-0.2, 0) is 13.5 Å². The van der Waals surface area contributed by atoms with E-state index in [2.05, 4.69) is 11.3 Å². The van der Waals surface area contributed by atoms with Crippen LogP contribution in [0.25, 0.3) is 0 Å². The van der Waals surface area contributed by atoms with Crippen molar-refractivity contribution in [3.8, 4) is 0 Å². The molecule has 2 rings (SSSR count). The van der Waals surface area contributed by atoms with Gasteiger partial charge in [0.25, 0.3) is 0 Å². The first kappa shape index (κ1) is 10.7. The molecule has 3 heteroatoms. The van der Waals surface area contributed by atoms with Crippen LogP contribution in [0.5, 0.6) is 0 Å². The molecule has 0 amide bonds.